The molecule has 0 aliphatic carbocycles. The highest BCUT2D eigenvalue weighted by Crippen LogP contribution is 2.32. The van der Waals surface area contributed by atoms with E-state index in [1.165, 1.54) is 24.3 Å². The van der Waals surface area contributed by atoms with Gasteiger partial charge in [0.2, 0.25) is 5.91 Å². The van der Waals surface area contributed by atoms with Crippen LogP contribution in [0.2, 0.25) is 0 Å². The van der Waals surface area contributed by atoms with Crippen LogP contribution in [0.5, 0.6) is 0 Å². The largest absolute Gasteiger partial charge is 0.347 e. The quantitative estimate of drug-likeness (QED) is 0.248. The molecule has 1 N–H and O–H groups in total. The van der Waals surface area contributed by atoms with E-state index in [2.05, 4.69) is 10.3 Å². The molecule has 3 aromatic carbocycles. The number of carbonyl (C=O) groups excluding carboxylic acids is 1. The second-order valence-electron chi connectivity index (χ2n) is 7.93. The first-order valence-electron chi connectivity index (χ1n) is 10.6. The summed E-state index contributed by atoms with van der Waals surface area (Å²) in [5.74, 6) is -3.31. The molecule has 0 bridgehead atoms. The van der Waals surface area contributed by atoms with Crippen LogP contribution in [-0.2, 0) is 11.3 Å². The van der Waals surface area contributed by atoms with Crippen LogP contribution >= 0.6 is 0 Å². The molecule has 4 nitrogen and oxygen atoms in total. The summed E-state index contributed by atoms with van der Waals surface area (Å²) >= 11 is 0. The number of halogens is 4. The number of aromatic nitrogens is 2. The van der Waals surface area contributed by atoms with Crippen LogP contribution in [0.4, 0.5) is 17.6 Å². The maximum Gasteiger partial charge on any atom is 0.244 e. The standard InChI is InChI=1S/C27H17F4N3O/c28-17-7-16(8-18(29)9-17)5-6-27(35)33-14-21-13-24-23-3-1-2-4-25(23)34(26(24)15-32-21)22-11-19(30)10-20(31)12-22/h1-13,15H,14H2,(H,33,35)/b6-5+. The van der Waals surface area contributed by atoms with Crippen molar-refractivity contribution in [1.29, 1.82) is 0 Å². The summed E-state index contributed by atoms with van der Waals surface area (Å²) in [6, 6.07) is 15.5. The summed E-state index contributed by atoms with van der Waals surface area (Å²) in [5, 5.41) is 4.34. The van der Waals surface area contributed by atoms with Crippen LogP contribution in [0, 0.1) is 23.3 Å². The van der Waals surface area contributed by atoms with E-state index < -0.39 is 29.2 Å². The van der Waals surface area contributed by atoms with Crippen LogP contribution in [0.1, 0.15) is 11.3 Å². The average molecular weight is 475 g/mol. The van der Waals surface area contributed by atoms with Crippen molar-refractivity contribution in [2.75, 3.05) is 0 Å². The van der Waals surface area contributed by atoms with Gasteiger partial charge in [-0.1, -0.05) is 18.2 Å². The molecule has 35 heavy (non-hydrogen) atoms. The van der Waals surface area contributed by atoms with E-state index in [1.54, 1.807) is 16.8 Å². The molecule has 0 atom stereocenters. The Morgan fingerprint density at radius 1 is 0.829 bits per heavy atom. The minimum absolute atomic E-state index is 0.102. The Labute approximate surface area is 197 Å². The zero-order valence-electron chi connectivity index (χ0n) is 18.1. The molecule has 0 saturated carbocycles. The van der Waals surface area contributed by atoms with Crippen LogP contribution in [0.3, 0.4) is 0 Å². The number of nitrogens with zero attached hydrogens (tertiary/aromatic N) is 2. The molecule has 2 heterocycles. The molecule has 0 aliphatic rings. The third-order valence-corrected chi connectivity index (χ3v) is 5.48. The fourth-order valence-corrected chi connectivity index (χ4v) is 4.03. The van der Waals surface area contributed by atoms with Gasteiger partial charge in [-0.05, 0) is 48.0 Å². The van der Waals surface area contributed by atoms with Gasteiger partial charge in [0, 0.05) is 29.0 Å². The van der Waals surface area contributed by atoms with Crippen molar-refractivity contribution in [3.8, 4) is 5.69 Å². The molecule has 0 radical (unpaired) electrons. The number of benzene rings is 3. The number of carbonyl (C=O) groups is 1. The van der Waals surface area contributed by atoms with Crippen LogP contribution in [0.15, 0.2) is 79.0 Å². The first-order chi connectivity index (χ1) is 16.9. The molecule has 174 valence electrons. The Morgan fingerprint density at radius 2 is 1.49 bits per heavy atom. The maximum absolute atomic E-state index is 13.9. The Hall–Kier alpha value is -4.46. The van der Waals surface area contributed by atoms with Gasteiger partial charge in [-0.25, -0.2) is 17.6 Å². The van der Waals surface area contributed by atoms with Gasteiger partial charge in [0.25, 0.3) is 0 Å². The van der Waals surface area contributed by atoms with Gasteiger partial charge in [0.05, 0.1) is 35.2 Å². The molecule has 8 heteroatoms. The first-order valence-corrected chi connectivity index (χ1v) is 10.6. The summed E-state index contributed by atoms with van der Waals surface area (Å²) < 4.78 is 56.1. The lowest BCUT2D eigenvalue weighted by Gasteiger charge is -2.08. The second kappa shape index (κ2) is 9.06. The molecule has 0 fully saturated rings. The topological polar surface area (TPSA) is 46.9 Å². The van der Waals surface area contributed by atoms with Gasteiger partial charge in [-0.15, -0.1) is 0 Å². The monoisotopic (exact) mass is 475 g/mol. The lowest BCUT2D eigenvalue weighted by molar-refractivity contribution is -0.116. The maximum atomic E-state index is 13.9. The highest BCUT2D eigenvalue weighted by molar-refractivity contribution is 6.09. The van der Waals surface area contributed by atoms with Gasteiger partial charge < -0.3 is 9.88 Å². The SMILES string of the molecule is O=C(/C=C/c1cc(F)cc(F)c1)NCc1cc2c3ccccc3n(-c3cc(F)cc(F)c3)c2cn1. The summed E-state index contributed by atoms with van der Waals surface area (Å²) in [5.41, 5.74) is 2.51. The zero-order valence-corrected chi connectivity index (χ0v) is 18.1. The number of nitrogens with one attached hydrogen (secondary N) is 1. The van der Waals surface area contributed by atoms with Crippen molar-refractivity contribution in [1.82, 2.24) is 14.9 Å². The predicted octanol–water partition coefficient (Wildman–Crippen LogP) is 6.06. The van der Waals surface area contributed by atoms with E-state index in [-0.39, 0.29) is 12.1 Å². The fourth-order valence-electron chi connectivity index (χ4n) is 4.03. The third-order valence-electron chi connectivity index (χ3n) is 5.48. The highest BCUT2D eigenvalue weighted by atomic mass is 19.1. The smallest absolute Gasteiger partial charge is 0.244 e. The van der Waals surface area contributed by atoms with E-state index in [4.69, 9.17) is 0 Å². The van der Waals surface area contributed by atoms with Gasteiger partial charge in [-0.2, -0.15) is 0 Å². The molecule has 0 unspecified atom stereocenters. The molecule has 2 aromatic heterocycles. The minimum atomic E-state index is -0.734. The Balaban J connectivity index is 1.43. The van der Waals surface area contributed by atoms with Crippen LogP contribution < -0.4 is 5.32 Å². The van der Waals surface area contributed by atoms with E-state index in [9.17, 15) is 22.4 Å². The van der Waals surface area contributed by atoms with E-state index in [1.807, 2.05) is 24.3 Å². The summed E-state index contributed by atoms with van der Waals surface area (Å²) in [4.78, 5) is 16.6. The lowest BCUT2D eigenvalue weighted by Crippen LogP contribution is -2.20. The molecule has 5 rings (SSSR count). The van der Waals surface area contributed by atoms with Gasteiger partial charge in [0.1, 0.15) is 23.3 Å². The Morgan fingerprint density at radius 3 is 2.20 bits per heavy atom. The minimum Gasteiger partial charge on any atom is -0.347 e. The number of hydrogen-bond acceptors (Lipinski definition) is 2. The van der Waals surface area contributed by atoms with Crippen molar-refractivity contribution in [3.05, 3.63) is 114 Å². The third kappa shape index (κ3) is 4.63. The van der Waals surface area contributed by atoms with Crippen molar-refractivity contribution < 1.29 is 22.4 Å². The average Bonchev–Trinajstić information content (AvgIpc) is 3.14. The molecule has 5 aromatic rings. The van der Waals surface area contributed by atoms with Crippen LogP contribution in [-0.4, -0.2) is 15.5 Å². The molecule has 0 saturated heterocycles. The Kier molecular flexibility index (Phi) is 5.78. The van der Waals surface area contributed by atoms with E-state index >= 15 is 0 Å². The second-order valence-corrected chi connectivity index (χ2v) is 7.93. The number of fused-ring (bicyclic) bond motifs is 3. The highest BCUT2D eigenvalue weighted by Gasteiger charge is 2.14. The summed E-state index contributed by atoms with van der Waals surface area (Å²) in [6.07, 6.45) is 4.08. The summed E-state index contributed by atoms with van der Waals surface area (Å²) in [7, 11) is 0. The van der Waals surface area contributed by atoms with Gasteiger partial charge in [-0.3, -0.25) is 9.78 Å². The van der Waals surface area contributed by atoms with Crippen LogP contribution in [0.25, 0.3) is 33.6 Å². The number of rotatable bonds is 5. The fraction of sp³-hybridized carbons (Fsp3) is 0.0370. The number of hydrogen-bond donors (Lipinski definition) is 1. The van der Waals surface area contributed by atoms with Crippen molar-refractivity contribution >= 4 is 33.8 Å². The van der Waals surface area contributed by atoms with Gasteiger partial charge >= 0.3 is 0 Å². The lowest BCUT2D eigenvalue weighted by atomic mass is 10.1. The normalized spacial score (nSPS) is 11.5. The number of pyridine rings is 1. The van der Waals surface area contributed by atoms with Crippen molar-refractivity contribution in [2.45, 2.75) is 6.54 Å². The molecular formula is C27H17F4N3O. The van der Waals surface area contributed by atoms with Crippen molar-refractivity contribution in [3.63, 3.8) is 0 Å². The molecule has 0 spiro atoms. The molecular weight excluding hydrogens is 458 g/mol. The number of amides is 1. The summed E-state index contributed by atoms with van der Waals surface area (Å²) in [6.45, 7) is 0.102. The van der Waals surface area contributed by atoms with E-state index in [0.29, 0.717) is 16.9 Å². The molecule has 0 aliphatic heterocycles. The van der Waals surface area contributed by atoms with E-state index in [0.717, 1.165) is 40.6 Å². The predicted molar refractivity (Wildman–Crippen MR) is 126 cm³/mol. The Bertz CT molecular complexity index is 1580. The number of para-hydroxylation sites is 1. The zero-order chi connectivity index (χ0) is 24.5. The van der Waals surface area contributed by atoms with Crippen molar-refractivity contribution in [2.24, 2.45) is 0 Å². The first kappa shape index (κ1) is 22.3. The van der Waals surface area contributed by atoms with Gasteiger partial charge in [0.15, 0.2) is 0 Å². The molecule has 1 amide bonds.